The fraction of sp³-hybridized carbons (Fsp3) is 0.667. The summed E-state index contributed by atoms with van der Waals surface area (Å²) in [6, 6.07) is -0.449. The van der Waals surface area contributed by atoms with Crippen molar-refractivity contribution in [2.24, 2.45) is 5.73 Å². The van der Waals surface area contributed by atoms with E-state index >= 15 is 0 Å². The number of nitrogens with one attached hydrogen (secondary N) is 1. The van der Waals surface area contributed by atoms with E-state index in [1.54, 1.807) is 11.3 Å². The highest BCUT2D eigenvalue weighted by molar-refractivity contribution is 7.15. The van der Waals surface area contributed by atoms with Gasteiger partial charge in [0.15, 0.2) is 5.13 Å². The lowest BCUT2D eigenvalue weighted by atomic mass is 10.0. The van der Waals surface area contributed by atoms with E-state index in [1.165, 1.54) is 4.88 Å². The first-order valence-electron chi connectivity index (χ1n) is 6.14. The van der Waals surface area contributed by atoms with E-state index in [0.29, 0.717) is 17.5 Å². The molecular formula is C12H21N3OS. The highest BCUT2D eigenvalue weighted by atomic mass is 32.1. The fourth-order valence-electron chi connectivity index (χ4n) is 1.61. The first-order chi connectivity index (χ1) is 8.12. The second kappa shape index (κ2) is 6.71. The lowest BCUT2D eigenvalue weighted by Crippen LogP contribution is -2.34. The van der Waals surface area contributed by atoms with E-state index in [1.807, 2.05) is 13.1 Å². The smallest absolute Gasteiger partial charge is 0.243 e. The minimum atomic E-state index is -0.449. The van der Waals surface area contributed by atoms with Crippen LogP contribution in [0.15, 0.2) is 6.20 Å². The quantitative estimate of drug-likeness (QED) is 0.821. The normalized spacial score (nSPS) is 12.8. The summed E-state index contributed by atoms with van der Waals surface area (Å²) >= 11 is 1.55. The van der Waals surface area contributed by atoms with Crippen LogP contribution in [0.2, 0.25) is 0 Å². The highest BCUT2D eigenvalue weighted by Crippen LogP contribution is 2.30. The Bertz CT molecular complexity index is 360. The number of hydrogen-bond donors (Lipinski definition) is 2. The van der Waals surface area contributed by atoms with Gasteiger partial charge >= 0.3 is 0 Å². The van der Waals surface area contributed by atoms with E-state index in [9.17, 15) is 4.79 Å². The van der Waals surface area contributed by atoms with Crippen molar-refractivity contribution in [2.45, 2.75) is 52.0 Å². The molecule has 1 aromatic heterocycles. The Labute approximate surface area is 107 Å². The van der Waals surface area contributed by atoms with E-state index in [-0.39, 0.29) is 5.91 Å². The molecule has 0 aliphatic carbocycles. The van der Waals surface area contributed by atoms with Crippen molar-refractivity contribution in [1.82, 2.24) is 4.98 Å². The molecule has 0 spiro atoms. The minimum absolute atomic E-state index is 0.155. The second-order valence-electron chi connectivity index (χ2n) is 4.09. The molecule has 0 saturated heterocycles. The summed E-state index contributed by atoms with van der Waals surface area (Å²) in [4.78, 5) is 17.0. The van der Waals surface area contributed by atoms with Crippen LogP contribution in [0.1, 0.15) is 50.8 Å². The van der Waals surface area contributed by atoms with Crippen LogP contribution in [0.3, 0.4) is 0 Å². The Morgan fingerprint density at radius 2 is 2.06 bits per heavy atom. The minimum Gasteiger partial charge on any atom is -0.320 e. The number of anilines is 1. The maximum Gasteiger partial charge on any atom is 0.243 e. The first kappa shape index (κ1) is 14.1. The molecule has 1 amide bonds. The van der Waals surface area contributed by atoms with Crippen molar-refractivity contribution >= 4 is 22.4 Å². The zero-order valence-corrected chi connectivity index (χ0v) is 11.5. The zero-order chi connectivity index (χ0) is 12.8. The third-order valence-electron chi connectivity index (χ3n) is 2.92. The topological polar surface area (TPSA) is 68.0 Å². The molecule has 1 aromatic rings. The van der Waals surface area contributed by atoms with Crippen LogP contribution in [0.4, 0.5) is 5.13 Å². The largest absolute Gasteiger partial charge is 0.320 e. The molecule has 1 unspecified atom stereocenters. The second-order valence-corrected chi connectivity index (χ2v) is 5.15. The monoisotopic (exact) mass is 255 g/mol. The van der Waals surface area contributed by atoms with Crippen molar-refractivity contribution in [3.05, 3.63) is 11.1 Å². The number of amides is 1. The van der Waals surface area contributed by atoms with Gasteiger partial charge in [-0.3, -0.25) is 4.79 Å². The number of hydrogen-bond acceptors (Lipinski definition) is 4. The molecule has 5 heteroatoms. The standard InChI is InChI=1S/C12H21N3OS/c1-4-8(5-2)10-7-14-12(17-10)15-11(16)9(13)6-3/h7-9H,4-6,13H2,1-3H3,(H,14,15,16). The van der Waals surface area contributed by atoms with Gasteiger partial charge in [-0.2, -0.15) is 0 Å². The molecule has 0 aromatic carbocycles. The highest BCUT2D eigenvalue weighted by Gasteiger charge is 2.15. The summed E-state index contributed by atoms with van der Waals surface area (Å²) in [6.45, 7) is 6.22. The van der Waals surface area contributed by atoms with Gasteiger partial charge in [-0.05, 0) is 25.2 Å². The number of aromatic nitrogens is 1. The van der Waals surface area contributed by atoms with Crippen LogP contribution in [0.25, 0.3) is 0 Å². The van der Waals surface area contributed by atoms with Crippen LogP contribution in [-0.2, 0) is 4.79 Å². The number of thiazole rings is 1. The molecule has 0 radical (unpaired) electrons. The van der Waals surface area contributed by atoms with Crippen LogP contribution in [-0.4, -0.2) is 16.9 Å². The first-order valence-corrected chi connectivity index (χ1v) is 6.96. The summed E-state index contributed by atoms with van der Waals surface area (Å²) in [7, 11) is 0. The Balaban J connectivity index is 2.65. The lowest BCUT2D eigenvalue weighted by Gasteiger charge is -2.08. The predicted molar refractivity (Wildman–Crippen MR) is 72.3 cm³/mol. The number of nitrogens with zero attached hydrogens (tertiary/aromatic N) is 1. The molecule has 0 saturated carbocycles. The molecule has 0 aliphatic heterocycles. The SMILES string of the molecule is CCC(N)C(=O)Nc1ncc(C(CC)CC)s1. The van der Waals surface area contributed by atoms with Crippen molar-refractivity contribution in [3.8, 4) is 0 Å². The summed E-state index contributed by atoms with van der Waals surface area (Å²) in [5.41, 5.74) is 5.65. The van der Waals surface area contributed by atoms with Crippen LogP contribution >= 0.6 is 11.3 Å². The number of rotatable bonds is 6. The van der Waals surface area contributed by atoms with Crippen molar-refractivity contribution in [2.75, 3.05) is 5.32 Å². The Morgan fingerprint density at radius 3 is 2.59 bits per heavy atom. The Hall–Kier alpha value is -0.940. The third-order valence-corrected chi connectivity index (χ3v) is 3.99. The predicted octanol–water partition coefficient (Wildman–Crippen LogP) is 2.72. The van der Waals surface area contributed by atoms with Gasteiger partial charge in [-0.1, -0.05) is 20.8 Å². The molecule has 1 atom stereocenters. The summed E-state index contributed by atoms with van der Waals surface area (Å²) in [5.74, 6) is 0.385. The molecule has 1 heterocycles. The van der Waals surface area contributed by atoms with Gasteiger partial charge < -0.3 is 11.1 Å². The zero-order valence-electron chi connectivity index (χ0n) is 10.7. The summed E-state index contributed by atoms with van der Waals surface area (Å²) in [5, 5.41) is 3.41. The van der Waals surface area contributed by atoms with E-state index in [2.05, 4.69) is 24.1 Å². The van der Waals surface area contributed by atoms with E-state index < -0.39 is 6.04 Å². The van der Waals surface area contributed by atoms with Crippen molar-refractivity contribution < 1.29 is 4.79 Å². The van der Waals surface area contributed by atoms with Crippen LogP contribution in [0, 0.1) is 0 Å². The number of carbonyl (C=O) groups excluding carboxylic acids is 1. The molecule has 96 valence electrons. The van der Waals surface area contributed by atoms with Crippen molar-refractivity contribution in [3.63, 3.8) is 0 Å². The molecule has 4 nitrogen and oxygen atoms in total. The average molecular weight is 255 g/mol. The number of carbonyl (C=O) groups is 1. The van der Waals surface area contributed by atoms with Gasteiger partial charge in [-0.15, -0.1) is 11.3 Å². The molecule has 3 N–H and O–H groups in total. The number of nitrogens with two attached hydrogens (primary N) is 1. The van der Waals surface area contributed by atoms with E-state index in [0.717, 1.165) is 12.8 Å². The molecule has 0 bridgehead atoms. The lowest BCUT2D eigenvalue weighted by molar-refractivity contribution is -0.117. The van der Waals surface area contributed by atoms with Gasteiger partial charge in [0.1, 0.15) is 0 Å². The Morgan fingerprint density at radius 1 is 1.41 bits per heavy atom. The Kier molecular flexibility index (Phi) is 5.58. The molecule has 0 fully saturated rings. The molecule has 1 rings (SSSR count). The molecular weight excluding hydrogens is 234 g/mol. The fourth-order valence-corrected chi connectivity index (χ4v) is 2.69. The molecule has 0 aliphatic rings. The maximum absolute atomic E-state index is 11.6. The van der Waals surface area contributed by atoms with Crippen LogP contribution in [0.5, 0.6) is 0 Å². The summed E-state index contributed by atoms with van der Waals surface area (Å²) in [6.07, 6.45) is 4.69. The van der Waals surface area contributed by atoms with Gasteiger partial charge in [-0.25, -0.2) is 4.98 Å². The van der Waals surface area contributed by atoms with Gasteiger partial charge in [0.25, 0.3) is 0 Å². The third kappa shape index (κ3) is 3.78. The van der Waals surface area contributed by atoms with Gasteiger partial charge in [0.05, 0.1) is 6.04 Å². The van der Waals surface area contributed by atoms with Gasteiger partial charge in [0.2, 0.25) is 5.91 Å². The van der Waals surface area contributed by atoms with Crippen LogP contribution < -0.4 is 11.1 Å². The average Bonchev–Trinajstić information content (AvgIpc) is 2.78. The molecule has 17 heavy (non-hydrogen) atoms. The van der Waals surface area contributed by atoms with Crippen molar-refractivity contribution in [1.29, 1.82) is 0 Å². The summed E-state index contributed by atoms with van der Waals surface area (Å²) < 4.78 is 0. The van der Waals surface area contributed by atoms with Gasteiger partial charge in [0, 0.05) is 11.1 Å². The van der Waals surface area contributed by atoms with E-state index in [4.69, 9.17) is 5.73 Å². The maximum atomic E-state index is 11.6.